The molecule has 0 rings (SSSR count). The van der Waals surface area contributed by atoms with Gasteiger partial charge >= 0.3 is 0 Å². The fraction of sp³-hybridized carbons (Fsp3) is 1.00. The lowest BCUT2D eigenvalue weighted by Crippen LogP contribution is -1.88. The van der Waals surface area contributed by atoms with E-state index in [4.69, 9.17) is 11.6 Å². The van der Waals surface area contributed by atoms with Gasteiger partial charge in [-0.1, -0.05) is 19.8 Å². The van der Waals surface area contributed by atoms with E-state index in [0.29, 0.717) is 4.71 Å². The van der Waals surface area contributed by atoms with Gasteiger partial charge in [0.25, 0.3) is 0 Å². The molecule has 0 aromatic rings. The molecule has 0 spiro atoms. The van der Waals surface area contributed by atoms with Crippen LogP contribution in [0.5, 0.6) is 0 Å². The molecule has 0 aliphatic rings. The van der Waals surface area contributed by atoms with E-state index in [9.17, 15) is 0 Å². The standard InChI is InChI=1S/C6H13ClS/c1-3-4-5-6(7)8-2/h6H,3-5H2,1-2H3. The summed E-state index contributed by atoms with van der Waals surface area (Å²) in [6.07, 6.45) is 5.71. The first kappa shape index (κ1) is 8.64. The van der Waals surface area contributed by atoms with Gasteiger partial charge in [0.15, 0.2) is 0 Å². The summed E-state index contributed by atoms with van der Waals surface area (Å²) in [5.41, 5.74) is 0. The summed E-state index contributed by atoms with van der Waals surface area (Å²) in [4.78, 5) is 0. The quantitative estimate of drug-likeness (QED) is 0.558. The zero-order chi connectivity index (χ0) is 6.41. The van der Waals surface area contributed by atoms with Crippen LogP contribution in [0.25, 0.3) is 0 Å². The molecule has 0 amide bonds. The van der Waals surface area contributed by atoms with Crippen molar-refractivity contribution in [3.8, 4) is 0 Å². The maximum Gasteiger partial charge on any atom is 0.0786 e. The molecule has 0 radical (unpaired) electrons. The van der Waals surface area contributed by atoms with Gasteiger partial charge < -0.3 is 0 Å². The Bertz CT molecular complexity index is 47.8. The van der Waals surface area contributed by atoms with Gasteiger partial charge in [-0.15, -0.1) is 23.4 Å². The number of halogens is 1. The summed E-state index contributed by atoms with van der Waals surface area (Å²) in [5.74, 6) is 0. The summed E-state index contributed by atoms with van der Waals surface area (Å²) in [5, 5.41) is 0. The molecule has 0 fully saturated rings. The van der Waals surface area contributed by atoms with E-state index in [-0.39, 0.29) is 0 Å². The topological polar surface area (TPSA) is 0 Å². The van der Waals surface area contributed by atoms with E-state index < -0.39 is 0 Å². The van der Waals surface area contributed by atoms with Crippen molar-refractivity contribution < 1.29 is 0 Å². The van der Waals surface area contributed by atoms with E-state index in [1.807, 2.05) is 6.26 Å². The molecule has 0 aliphatic carbocycles. The van der Waals surface area contributed by atoms with Crippen LogP contribution in [-0.2, 0) is 0 Å². The molecule has 50 valence electrons. The van der Waals surface area contributed by atoms with Crippen molar-refractivity contribution >= 4 is 23.4 Å². The maximum absolute atomic E-state index is 5.81. The van der Waals surface area contributed by atoms with Gasteiger partial charge in [0, 0.05) is 0 Å². The van der Waals surface area contributed by atoms with Crippen molar-refractivity contribution in [3.63, 3.8) is 0 Å². The Morgan fingerprint density at radius 2 is 2.25 bits per heavy atom. The first-order valence-corrected chi connectivity index (χ1v) is 4.70. The van der Waals surface area contributed by atoms with Crippen LogP contribution in [-0.4, -0.2) is 11.0 Å². The molecule has 2 heteroatoms. The number of alkyl halides is 1. The van der Waals surface area contributed by atoms with Crippen molar-refractivity contribution in [3.05, 3.63) is 0 Å². The van der Waals surface area contributed by atoms with E-state index in [1.54, 1.807) is 11.8 Å². The van der Waals surface area contributed by atoms with Crippen LogP contribution in [0.4, 0.5) is 0 Å². The number of unbranched alkanes of at least 4 members (excludes halogenated alkanes) is 1. The average Bonchev–Trinajstić information content (AvgIpc) is 1.83. The Balaban J connectivity index is 2.86. The maximum atomic E-state index is 5.81. The van der Waals surface area contributed by atoms with Crippen LogP contribution in [0, 0.1) is 0 Å². The Hall–Kier alpha value is 0.640. The zero-order valence-corrected chi connectivity index (χ0v) is 7.06. The average molecular weight is 153 g/mol. The first-order valence-electron chi connectivity index (χ1n) is 2.98. The third-order valence-electron chi connectivity index (χ3n) is 1.04. The molecule has 0 nitrogen and oxygen atoms in total. The molecule has 0 saturated heterocycles. The molecule has 0 aromatic carbocycles. The molecule has 0 aromatic heterocycles. The smallest absolute Gasteiger partial charge is 0.0786 e. The van der Waals surface area contributed by atoms with Gasteiger partial charge in [-0.3, -0.25) is 0 Å². The molecule has 8 heavy (non-hydrogen) atoms. The van der Waals surface area contributed by atoms with Gasteiger partial charge in [0.05, 0.1) is 4.71 Å². The summed E-state index contributed by atoms with van der Waals surface area (Å²) in [6, 6.07) is 0. The summed E-state index contributed by atoms with van der Waals surface area (Å²) < 4.78 is 0.343. The van der Waals surface area contributed by atoms with E-state index in [2.05, 4.69) is 6.92 Å². The van der Waals surface area contributed by atoms with Crippen LogP contribution >= 0.6 is 23.4 Å². The molecular weight excluding hydrogens is 140 g/mol. The third kappa shape index (κ3) is 4.79. The molecule has 0 aliphatic heterocycles. The van der Waals surface area contributed by atoms with Crippen molar-refractivity contribution in [1.82, 2.24) is 0 Å². The van der Waals surface area contributed by atoms with Crippen LogP contribution in [0.3, 0.4) is 0 Å². The lowest BCUT2D eigenvalue weighted by molar-refractivity contribution is 0.760. The fourth-order valence-corrected chi connectivity index (χ4v) is 1.04. The normalized spacial score (nSPS) is 13.9. The fourth-order valence-electron chi connectivity index (χ4n) is 0.482. The lowest BCUT2D eigenvalue weighted by Gasteiger charge is -2.01. The number of hydrogen-bond donors (Lipinski definition) is 0. The lowest BCUT2D eigenvalue weighted by atomic mass is 10.3. The molecule has 0 heterocycles. The largest absolute Gasteiger partial charge is 0.146 e. The van der Waals surface area contributed by atoms with Crippen molar-refractivity contribution in [2.45, 2.75) is 30.9 Å². The highest BCUT2D eigenvalue weighted by Gasteiger charge is 1.97. The molecule has 0 saturated carbocycles. The Morgan fingerprint density at radius 1 is 1.62 bits per heavy atom. The minimum atomic E-state index is 0.343. The summed E-state index contributed by atoms with van der Waals surface area (Å²) >= 11 is 7.54. The SMILES string of the molecule is CCCCC(Cl)SC. The van der Waals surface area contributed by atoms with E-state index in [1.165, 1.54) is 12.8 Å². The minimum absolute atomic E-state index is 0.343. The van der Waals surface area contributed by atoms with Gasteiger partial charge in [-0.25, -0.2) is 0 Å². The highest BCUT2D eigenvalue weighted by molar-refractivity contribution is 8.00. The van der Waals surface area contributed by atoms with Crippen molar-refractivity contribution in [2.75, 3.05) is 6.26 Å². The predicted octanol–water partition coefficient (Wildman–Crippen LogP) is 3.10. The van der Waals surface area contributed by atoms with Crippen molar-refractivity contribution in [2.24, 2.45) is 0 Å². The summed E-state index contributed by atoms with van der Waals surface area (Å²) in [7, 11) is 0. The summed E-state index contributed by atoms with van der Waals surface area (Å²) in [6.45, 7) is 2.18. The second-order valence-electron chi connectivity index (χ2n) is 1.79. The minimum Gasteiger partial charge on any atom is -0.146 e. The monoisotopic (exact) mass is 152 g/mol. The Kier molecular flexibility index (Phi) is 6.23. The Morgan fingerprint density at radius 3 is 2.62 bits per heavy atom. The van der Waals surface area contributed by atoms with Crippen LogP contribution in [0.1, 0.15) is 26.2 Å². The molecule has 1 unspecified atom stereocenters. The molecule has 0 N–H and O–H groups in total. The zero-order valence-electron chi connectivity index (χ0n) is 5.48. The van der Waals surface area contributed by atoms with Gasteiger partial charge in [-0.05, 0) is 12.7 Å². The number of rotatable bonds is 4. The second kappa shape index (κ2) is 5.77. The third-order valence-corrected chi connectivity index (χ3v) is 2.54. The highest BCUT2D eigenvalue weighted by Crippen LogP contribution is 2.17. The van der Waals surface area contributed by atoms with Gasteiger partial charge in [-0.2, -0.15) is 0 Å². The van der Waals surface area contributed by atoms with Crippen LogP contribution in [0.15, 0.2) is 0 Å². The number of thioether (sulfide) groups is 1. The van der Waals surface area contributed by atoms with Gasteiger partial charge in [0.2, 0.25) is 0 Å². The first-order chi connectivity index (χ1) is 3.81. The van der Waals surface area contributed by atoms with E-state index >= 15 is 0 Å². The van der Waals surface area contributed by atoms with Crippen molar-refractivity contribution in [1.29, 1.82) is 0 Å². The van der Waals surface area contributed by atoms with Crippen LogP contribution in [0.2, 0.25) is 0 Å². The molecule has 1 atom stereocenters. The second-order valence-corrected chi connectivity index (χ2v) is 3.61. The van der Waals surface area contributed by atoms with Gasteiger partial charge in [0.1, 0.15) is 0 Å². The molecular formula is C6H13ClS. The van der Waals surface area contributed by atoms with E-state index in [0.717, 1.165) is 6.42 Å². The highest BCUT2D eigenvalue weighted by atomic mass is 35.5. The number of hydrogen-bond acceptors (Lipinski definition) is 1. The Labute approximate surface area is 61.0 Å². The predicted molar refractivity (Wildman–Crippen MR) is 42.7 cm³/mol. The molecule has 0 bridgehead atoms. The van der Waals surface area contributed by atoms with Crippen LogP contribution < -0.4 is 0 Å².